The first-order valence-electron chi connectivity index (χ1n) is 3.58. The molecule has 0 radical (unpaired) electrons. The number of rotatable bonds is 2. The molecule has 5 nitrogen and oxygen atoms in total. The molecule has 0 aliphatic heterocycles. The van der Waals surface area contributed by atoms with Gasteiger partial charge in [0, 0.05) is 0 Å². The van der Waals surface area contributed by atoms with Crippen LogP contribution < -0.4 is 5.56 Å². The maximum atomic E-state index is 11.3. The minimum absolute atomic E-state index is 0.0540. The normalized spacial score (nSPS) is 10.2. The van der Waals surface area contributed by atoms with Crippen molar-refractivity contribution in [3.05, 3.63) is 26.1 Å². The van der Waals surface area contributed by atoms with Gasteiger partial charge in [0.05, 0.1) is 10.7 Å². The quantitative estimate of drug-likeness (QED) is 0.830. The third kappa shape index (κ3) is 2.05. The minimum atomic E-state index is -1.17. The summed E-state index contributed by atoms with van der Waals surface area (Å²) in [5, 5.41) is 12.0. The topological polar surface area (TPSA) is 72.2 Å². The maximum Gasteiger partial charge on any atom is 0.325 e. The summed E-state index contributed by atoms with van der Waals surface area (Å²) in [5.74, 6) is -1.17. The molecule has 0 saturated carbocycles. The first kappa shape index (κ1) is 11.0. The predicted molar refractivity (Wildman–Crippen MR) is 50.9 cm³/mol. The van der Waals surface area contributed by atoms with E-state index in [0.29, 0.717) is 5.69 Å². The smallest absolute Gasteiger partial charge is 0.325 e. The number of nitrogens with zero attached hydrogens (tertiary/aromatic N) is 2. The van der Waals surface area contributed by atoms with E-state index in [1.165, 1.54) is 6.92 Å². The van der Waals surface area contributed by atoms with E-state index < -0.39 is 18.1 Å². The largest absolute Gasteiger partial charge is 0.480 e. The molecule has 14 heavy (non-hydrogen) atoms. The number of hydrogen-bond acceptors (Lipinski definition) is 3. The molecule has 0 spiro atoms. The monoisotopic (exact) mass is 236 g/mol. The Hall–Kier alpha value is -1.07. The number of halogens is 2. The molecule has 0 aliphatic carbocycles. The van der Waals surface area contributed by atoms with Gasteiger partial charge in [-0.1, -0.05) is 23.2 Å². The highest BCUT2D eigenvalue weighted by Crippen LogP contribution is 2.19. The van der Waals surface area contributed by atoms with Crippen LogP contribution >= 0.6 is 23.2 Å². The Kier molecular flexibility index (Phi) is 3.13. The maximum absolute atomic E-state index is 11.3. The summed E-state index contributed by atoms with van der Waals surface area (Å²) in [7, 11) is 0. The zero-order valence-electron chi connectivity index (χ0n) is 7.12. The highest BCUT2D eigenvalue weighted by molar-refractivity contribution is 6.42. The van der Waals surface area contributed by atoms with Crippen LogP contribution in [0.1, 0.15) is 5.69 Å². The molecule has 0 atom stereocenters. The molecule has 0 saturated heterocycles. The van der Waals surface area contributed by atoms with Crippen molar-refractivity contribution in [3.8, 4) is 0 Å². The van der Waals surface area contributed by atoms with Gasteiger partial charge in [0.1, 0.15) is 11.6 Å². The van der Waals surface area contributed by atoms with Gasteiger partial charge in [-0.2, -0.15) is 5.10 Å². The molecule has 0 aliphatic rings. The molecule has 1 aromatic rings. The van der Waals surface area contributed by atoms with Gasteiger partial charge in [-0.05, 0) is 6.92 Å². The number of carboxylic acids is 1. The molecule has 0 bridgehead atoms. The van der Waals surface area contributed by atoms with Crippen LogP contribution in [0.25, 0.3) is 0 Å². The van der Waals surface area contributed by atoms with Crippen molar-refractivity contribution < 1.29 is 9.90 Å². The van der Waals surface area contributed by atoms with Crippen LogP contribution in [0, 0.1) is 6.92 Å². The van der Waals surface area contributed by atoms with Gasteiger partial charge in [-0.15, -0.1) is 0 Å². The van der Waals surface area contributed by atoms with Gasteiger partial charge in [-0.25, -0.2) is 4.68 Å². The minimum Gasteiger partial charge on any atom is -0.480 e. The van der Waals surface area contributed by atoms with Gasteiger partial charge in [0.2, 0.25) is 0 Å². The van der Waals surface area contributed by atoms with Crippen LogP contribution in [-0.2, 0) is 11.3 Å². The zero-order valence-corrected chi connectivity index (χ0v) is 8.63. The number of hydrogen-bond donors (Lipinski definition) is 1. The van der Waals surface area contributed by atoms with Crippen LogP contribution in [0.3, 0.4) is 0 Å². The van der Waals surface area contributed by atoms with Gasteiger partial charge in [0.25, 0.3) is 5.56 Å². The van der Waals surface area contributed by atoms with Gasteiger partial charge >= 0.3 is 5.97 Å². The molecular weight excluding hydrogens is 231 g/mol. The Morgan fingerprint density at radius 2 is 2.07 bits per heavy atom. The zero-order chi connectivity index (χ0) is 10.9. The van der Waals surface area contributed by atoms with Crippen LogP contribution in [0.15, 0.2) is 4.79 Å². The second-order valence-corrected chi connectivity index (χ2v) is 3.33. The Balaban J connectivity index is 3.33. The molecule has 7 heteroatoms. The molecule has 1 heterocycles. The van der Waals surface area contributed by atoms with Gasteiger partial charge < -0.3 is 5.11 Å². The third-order valence-corrected chi connectivity index (χ3v) is 2.40. The molecule has 76 valence electrons. The molecule has 0 amide bonds. The molecule has 0 unspecified atom stereocenters. The van der Waals surface area contributed by atoms with E-state index in [-0.39, 0.29) is 10.0 Å². The lowest BCUT2D eigenvalue weighted by Gasteiger charge is -2.04. The van der Waals surface area contributed by atoms with Crippen molar-refractivity contribution in [1.82, 2.24) is 9.78 Å². The van der Waals surface area contributed by atoms with Crippen LogP contribution in [0.5, 0.6) is 0 Å². The lowest BCUT2D eigenvalue weighted by Crippen LogP contribution is -2.27. The van der Waals surface area contributed by atoms with E-state index in [1.54, 1.807) is 0 Å². The van der Waals surface area contributed by atoms with Gasteiger partial charge in [0.15, 0.2) is 0 Å². The van der Waals surface area contributed by atoms with Crippen molar-refractivity contribution in [1.29, 1.82) is 0 Å². The summed E-state index contributed by atoms with van der Waals surface area (Å²) in [6, 6.07) is 0. The van der Waals surface area contributed by atoms with E-state index in [1.807, 2.05) is 0 Å². The average molecular weight is 237 g/mol. The van der Waals surface area contributed by atoms with Crippen molar-refractivity contribution in [2.24, 2.45) is 0 Å². The predicted octanol–water partition coefficient (Wildman–Crippen LogP) is 0.943. The number of carbonyl (C=O) groups is 1. The Morgan fingerprint density at radius 1 is 1.50 bits per heavy atom. The van der Waals surface area contributed by atoms with E-state index in [2.05, 4.69) is 5.10 Å². The number of aromatic nitrogens is 2. The van der Waals surface area contributed by atoms with Crippen molar-refractivity contribution in [3.63, 3.8) is 0 Å². The molecule has 1 aromatic heterocycles. The highest BCUT2D eigenvalue weighted by atomic mass is 35.5. The average Bonchev–Trinajstić information content (AvgIpc) is 2.10. The third-order valence-electron chi connectivity index (χ3n) is 1.49. The van der Waals surface area contributed by atoms with Crippen molar-refractivity contribution in [2.45, 2.75) is 13.5 Å². The van der Waals surface area contributed by atoms with Crippen molar-refractivity contribution >= 4 is 29.2 Å². The van der Waals surface area contributed by atoms with Gasteiger partial charge in [-0.3, -0.25) is 9.59 Å². The number of aliphatic carboxylic acids is 1. The van der Waals surface area contributed by atoms with Crippen molar-refractivity contribution in [2.75, 3.05) is 0 Å². The number of aryl methyl sites for hydroxylation is 1. The summed E-state index contributed by atoms with van der Waals surface area (Å²) in [6.07, 6.45) is 0. The van der Waals surface area contributed by atoms with Crippen LogP contribution in [0.4, 0.5) is 0 Å². The summed E-state index contributed by atoms with van der Waals surface area (Å²) in [5.41, 5.74) is -0.387. The lowest BCUT2D eigenvalue weighted by molar-refractivity contribution is -0.138. The molecule has 0 aromatic carbocycles. The fourth-order valence-corrected chi connectivity index (χ4v) is 1.22. The fourth-order valence-electron chi connectivity index (χ4n) is 0.872. The van der Waals surface area contributed by atoms with E-state index in [4.69, 9.17) is 28.3 Å². The summed E-state index contributed by atoms with van der Waals surface area (Å²) >= 11 is 11.2. The first-order valence-corrected chi connectivity index (χ1v) is 4.33. The molecule has 0 fully saturated rings. The standard InChI is InChI=1S/C7H6Cl2N2O3/c1-3-5(8)6(9)7(14)11(10-3)2-4(12)13/h2H2,1H3,(H,12,13). The summed E-state index contributed by atoms with van der Waals surface area (Å²) < 4.78 is 0.756. The van der Waals surface area contributed by atoms with Crippen LogP contribution in [0.2, 0.25) is 10.0 Å². The molecule has 1 N–H and O–H groups in total. The number of carboxylic acid groups (broad SMARTS) is 1. The Morgan fingerprint density at radius 3 is 2.57 bits per heavy atom. The lowest BCUT2D eigenvalue weighted by atomic mass is 10.4. The Bertz CT molecular complexity index is 441. The summed E-state index contributed by atoms with van der Waals surface area (Å²) in [4.78, 5) is 21.7. The highest BCUT2D eigenvalue weighted by Gasteiger charge is 2.12. The molecule has 1 rings (SSSR count). The first-order chi connectivity index (χ1) is 6.43. The SMILES string of the molecule is Cc1nn(CC(=O)O)c(=O)c(Cl)c1Cl. The fraction of sp³-hybridized carbons (Fsp3) is 0.286. The summed E-state index contributed by atoms with van der Waals surface area (Å²) in [6.45, 7) is 1.00. The molecular formula is C7H6Cl2N2O3. The Labute approximate surface area is 88.9 Å². The van der Waals surface area contributed by atoms with E-state index >= 15 is 0 Å². The van der Waals surface area contributed by atoms with E-state index in [0.717, 1.165) is 4.68 Å². The second-order valence-electron chi connectivity index (χ2n) is 2.57. The van der Waals surface area contributed by atoms with E-state index in [9.17, 15) is 9.59 Å². The van der Waals surface area contributed by atoms with Crippen LogP contribution in [-0.4, -0.2) is 20.9 Å². The second kappa shape index (κ2) is 3.98.